The zero-order chi connectivity index (χ0) is 19.6. The quantitative estimate of drug-likeness (QED) is 0.783. The van der Waals surface area contributed by atoms with Gasteiger partial charge in [0.15, 0.2) is 6.10 Å². The molecule has 27 heavy (non-hydrogen) atoms. The highest BCUT2D eigenvalue weighted by Crippen LogP contribution is 2.27. The van der Waals surface area contributed by atoms with E-state index in [9.17, 15) is 9.18 Å². The molecule has 0 radical (unpaired) electrons. The number of rotatable bonds is 4. The van der Waals surface area contributed by atoms with Gasteiger partial charge >= 0.3 is 0 Å². The number of hydrogen-bond acceptors (Lipinski definition) is 3. The summed E-state index contributed by atoms with van der Waals surface area (Å²) in [7, 11) is 0. The van der Waals surface area contributed by atoms with Crippen LogP contribution in [0.15, 0.2) is 36.4 Å². The van der Waals surface area contributed by atoms with Gasteiger partial charge in [0.25, 0.3) is 5.91 Å². The van der Waals surface area contributed by atoms with Crippen molar-refractivity contribution in [1.82, 2.24) is 4.90 Å². The number of carbonyl (C=O) groups is 1. The summed E-state index contributed by atoms with van der Waals surface area (Å²) in [5.41, 5.74) is 2.43. The van der Waals surface area contributed by atoms with Crippen LogP contribution in [0.3, 0.4) is 0 Å². The number of benzene rings is 2. The summed E-state index contributed by atoms with van der Waals surface area (Å²) in [6.45, 7) is 7.86. The first-order valence-corrected chi connectivity index (χ1v) is 9.46. The maximum Gasteiger partial charge on any atom is 0.263 e. The lowest BCUT2D eigenvalue weighted by molar-refractivity contribution is -0.138. The number of aryl methyl sites for hydroxylation is 2. The van der Waals surface area contributed by atoms with Gasteiger partial charge in [-0.05, 0) is 56.2 Å². The summed E-state index contributed by atoms with van der Waals surface area (Å²) in [4.78, 5) is 16.5. The zero-order valence-electron chi connectivity index (χ0n) is 15.8. The van der Waals surface area contributed by atoms with Crippen molar-refractivity contribution in [3.63, 3.8) is 0 Å². The van der Waals surface area contributed by atoms with Crippen LogP contribution in [0.4, 0.5) is 10.1 Å². The van der Waals surface area contributed by atoms with E-state index in [0.717, 1.165) is 11.1 Å². The molecule has 1 atom stereocenters. The van der Waals surface area contributed by atoms with Gasteiger partial charge < -0.3 is 14.5 Å². The van der Waals surface area contributed by atoms with Crippen LogP contribution in [0, 0.1) is 19.7 Å². The minimum Gasteiger partial charge on any atom is -0.481 e. The van der Waals surface area contributed by atoms with Crippen molar-refractivity contribution < 1.29 is 13.9 Å². The minimum atomic E-state index is -0.593. The highest BCUT2D eigenvalue weighted by Gasteiger charge is 2.27. The largest absolute Gasteiger partial charge is 0.481 e. The fourth-order valence-electron chi connectivity index (χ4n) is 3.36. The molecule has 0 unspecified atom stereocenters. The number of anilines is 1. The molecule has 0 spiro atoms. The summed E-state index contributed by atoms with van der Waals surface area (Å²) in [6.07, 6.45) is -0.593. The van der Waals surface area contributed by atoms with Crippen molar-refractivity contribution in [1.29, 1.82) is 0 Å². The van der Waals surface area contributed by atoms with Gasteiger partial charge in [-0.25, -0.2) is 4.39 Å². The monoisotopic (exact) mass is 390 g/mol. The molecule has 3 rings (SSSR count). The Balaban J connectivity index is 1.59. The van der Waals surface area contributed by atoms with Crippen molar-refractivity contribution >= 4 is 23.2 Å². The molecule has 0 aliphatic carbocycles. The van der Waals surface area contributed by atoms with Gasteiger partial charge in [-0.1, -0.05) is 23.7 Å². The van der Waals surface area contributed by atoms with Crippen molar-refractivity contribution in [3.05, 3.63) is 58.4 Å². The van der Waals surface area contributed by atoms with Gasteiger partial charge in [-0.3, -0.25) is 4.79 Å². The Morgan fingerprint density at radius 2 is 1.70 bits per heavy atom. The summed E-state index contributed by atoms with van der Waals surface area (Å²) >= 11 is 6.18. The molecule has 0 saturated carbocycles. The fourth-order valence-corrected chi connectivity index (χ4v) is 3.47. The Bertz CT molecular complexity index is 812. The lowest BCUT2D eigenvalue weighted by Gasteiger charge is -2.37. The Morgan fingerprint density at radius 1 is 1.11 bits per heavy atom. The van der Waals surface area contributed by atoms with Crippen molar-refractivity contribution in [3.8, 4) is 5.75 Å². The van der Waals surface area contributed by atoms with E-state index in [1.165, 1.54) is 6.07 Å². The highest BCUT2D eigenvalue weighted by molar-refractivity contribution is 6.32. The number of para-hydroxylation sites is 1. The number of piperazine rings is 1. The first-order valence-electron chi connectivity index (χ1n) is 9.08. The third-order valence-electron chi connectivity index (χ3n) is 4.86. The number of amides is 1. The second-order valence-corrected chi connectivity index (χ2v) is 7.27. The molecule has 1 heterocycles. The molecule has 0 aromatic heterocycles. The first kappa shape index (κ1) is 19.5. The van der Waals surface area contributed by atoms with Crippen LogP contribution in [-0.2, 0) is 4.79 Å². The van der Waals surface area contributed by atoms with Gasteiger partial charge in [0.1, 0.15) is 11.6 Å². The second kappa shape index (κ2) is 8.17. The Kier molecular flexibility index (Phi) is 5.90. The Morgan fingerprint density at radius 3 is 2.30 bits per heavy atom. The zero-order valence-corrected chi connectivity index (χ0v) is 16.6. The standard InChI is InChI=1S/C21H24ClFN2O2/c1-14-12-17(13-15(2)20(14)22)27-16(3)21(26)25-10-8-24(9-11-25)19-7-5-4-6-18(19)23/h4-7,12-13,16H,8-11H2,1-3H3/t16-/m1/s1. The molecule has 1 fully saturated rings. The van der Waals surface area contributed by atoms with E-state index in [2.05, 4.69) is 0 Å². The van der Waals surface area contributed by atoms with E-state index in [1.54, 1.807) is 24.0 Å². The number of halogens is 2. The Hall–Kier alpha value is -2.27. The van der Waals surface area contributed by atoms with Crippen LogP contribution in [-0.4, -0.2) is 43.1 Å². The SMILES string of the molecule is Cc1cc(O[C@H](C)C(=O)N2CCN(c3ccccc3F)CC2)cc(C)c1Cl. The van der Waals surface area contributed by atoms with Crippen molar-refractivity contribution in [2.75, 3.05) is 31.1 Å². The lowest BCUT2D eigenvalue weighted by Crippen LogP contribution is -2.52. The van der Waals surface area contributed by atoms with Crippen LogP contribution < -0.4 is 9.64 Å². The molecule has 6 heteroatoms. The molecule has 0 N–H and O–H groups in total. The van der Waals surface area contributed by atoms with Gasteiger partial charge in [-0.2, -0.15) is 0 Å². The van der Waals surface area contributed by atoms with Crippen LogP contribution >= 0.6 is 11.6 Å². The van der Waals surface area contributed by atoms with Gasteiger partial charge in [0, 0.05) is 31.2 Å². The molecule has 144 valence electrons. The van der Waals surface area contributed by atoms with Gasteiger partial charge in [0.05, 0.1) is 5.69 Å². The average Bonchev–Trinajstić information content (AvgIpc) is 2.66. The van der Waals surface area contributed by atoms with Crippen LogP contribution in [0.1, 0.15) is 18.1 Å². The van der Waals surface area contributed by atoms with E-state index < -0.39 is 6.10 Å². The van der Waals surface area contributed by atoms with Crippen LogP contribution in [0.2, 0.25) is 5.02 Å². The van der Waals surface area contributed by atoms with Gasteiger partial charge in [0.2, 0.25) is 0 Å². The Labute approximate surface area is 164 Å². The average molecular weight is 391 g/mol. The summed E-state index contributed by atoms with van der Waals surface area (Å²) in [5.74, 6) is 0.344. The van der Waals surface area contributed by atoms with E-state index >= 15 is 0 Å². The fraction of sp³-hybridized carbons (Fsp3) is 0.381. The number of carbonyl (C=O) groups excluding carboxylic acids is 1. The maximum atomic E-state index is 13.9. The van der Waals surface area contributed by atoms with Crippen LogP contribution in [0.5, 0.6) is 5.75 Å². The summed E-state index contributed by atoms with van der Waals surface area (Å²) in [6, 6.07) is 10.4. The number of ether oxygens (including phenoxy) is 1. The molecule has 1 amide bonds. The maximum absolute atomic E-state index is 13.9. The minimum absolute atomic E-state index is 0.0616. The molecule has 1 saturated heterocycles. The predicted octanol–water partition coefficient (Wildman–Crippen LogP) is 4.21. The molecule has 2 aromatic rings. The van der Waals surface area contributed by atoms with E-state index in [4.69, 9.17) is 16.3 Å². The van der Waals surface area contributed by atoms with Gasteiger partial charge in [-0.15, -0.1) is 0 Å². The van der Waals surface area contributed by atoms with E-state index in [1.807, 2.05) is 36.9 Å². The predicted molar refractivity (Wildman–Crippen MR) is 106 cm³/mol. The molecular formula is C21H24ClFN2O2. The second-order valence-electron chi connectivity index (χ2n) is 6.89. The number of nitrogens with zero attached hydrogens (tertiary/aromatic N) is 2. The molecule has 1 aliphatic heterocycles. The smallest absolute Gasteiger partial charge is 0.263 e. The summed E-state index contributed by atoms with van der Waals surface area (Å²) in [5, 5.41) is 0.714. The van der Waals surface area contributed by atoms with Crippen molar-refractivity contribution in [2.45, 2.75) is 26.9 Å². The highest BCUT2D eigenvalue weighted by atomic mass is 35.5. The van der Waals surface area contributed by atoms with E-state index in [0.29, 0.717) is 42.6 Å². The molecular weight excluding hydrogens is 367 g/mol. The topological polar surface area (TPSA) is 32.8 Å². The summed E-state index contributed by atoms with van der Waals surface area (Å²) < 4.78 is 19.8. The number of hydrogen-bond donors (Lipinski definition) is 0. The lowest BCUT2D eigenvalue weighted by atomic mass is 10.1. The van der Waals surface area contributed by atoms with Crippen LogP contribution in [0.25, 0.3) is 0 Å². The third kappa shape index (κ3) is 4.35. The molecule has 4 nitrogen and oxygen atoms in total. The van der Waals surface area contributed by atoms with Crippen molar-refractivity contribution in [2.24, 2.45) is 0 Å². The third-order valence-corrected chi connectivity index (χ3v) is 5.45. The molecule has 1 aliphatic rings. The molecule has 0 bridgehead atoms. The van der Waals surface area contributed by atoms with E-state index in [-0.39, 0.29) is 11.7 Å². The normalized spacial score (nSPS) is 15.6. The first-order chi connectivity index (χ1) is 12.9. The molecule has 2 aromatic carbocycles.